The van der Waals surface area contributed by atoms with E-state index in [0.717, 1.165) is 6.42 Å². The maximum absolute atomic E-state index is 11.4. The number of carboxylic acid groups (broad SMARTS) is 1. The highest BCUT2D eigenvalue weighted by Crippen LogP contribution is 2.00. The zero-order valence-corrected chi connectivity index (χ0v) is 10.1. The van der Waals surface area contributed by atoms with Gasteiger partial charge in [-0.1, -0.05) is 0 Å². The van der Waals surface area contributed by atoms with Gasteiger partial charge in [-0.05, 0) is 12.8 Å². The summed E-state index contributed by atoms with van der Waals surface area (Å²) in [4.78, 5) is 22.2. The fourth-order valence-corrected chi connectivity index (χ4v) is 1.27. The van der Waals surface area contributed by atoms with Gasteiger partial charge in [0.15, 0.2) is 0 Å². The second-order valence-electron chi connectivity index (χ2n) is 3.65. The molecule has 0 aromatic heterocycles. The summed E-state index contributed by atoms with van der Waals surface area (Å²) in [7, 11) is 1.49. The minimum atomic E-state index is -1.04. The molecule has 0 aromatic rings. The Kier molecular flexibility index (Phi) is 8.79. The summed E-state index contributed by atoms with van der Waals surface area (Å²) in [6, 6.07) is -0.880. The van der Waals surface area contributed by atoms with Crippen LogP contribution in [0.15, 0.2) is 0 Å². The van der Waals surface area contributed by atoms with E-state index in [1.54, 1.807) is 0 Å². The molecule has 0 aromatic carbocycles. The zero-order chi connectivity index (χ0) is 13.1. The van der Waals surface area contributed by atoms with Crippen LogP contribution in [0.4, 0.5) is 0 Å². The number of hydrogen-bond donors (Lipinski definition) is 2. The highest BCUT2D eigenvalue weighted by molar-refractivity contribution is 5.83. The molecule has 0 saturated carbocycles. The van der Waals surface area contributed by atoms with E-state index in [9.17, 15) is 9.59 Å². The van der Waals surface area contributed by atoms with Crippen molar-refractivity contribution < 1.29 is 19.4 Å². The quantitative estimate of drug-likeness (QED) is 0.462. The van der Waals surface area contributed by atoms with Gasteiger partial charge in [0, 0.05) is 33.0 Å². The van der Waals surface area contributed by atoms with E-state index in [2.05, 4.69) is 11.2 Å². The molecule has 0 bridgehead atoms. The molecule has 0 aliphatic heterocycles. The van der Waals surface area contributed by atoms with Crippen LogP contribution in [0.25, 0.3) is 0 Å². The fraction of sp³-hybridized carbons (Fsp3) is 0.667. The summed E-state index contributed by atoms with van der Waals surface area (Å²) in [6.45, 7) is 0.300. The Bertz CT molecular complexity index is 283. The average Bonchev–Trinajstić information content (AvgIpc) is 2.29. The number of carboxylic acids is 1. The molecule has 0 aliphatic carbocycles. The van der Waals surface area contributed by atoms with Crippen LogP contribution in [0.1, 0.15) is 32.1 Å². The lowest BCUT2D eigenvalue weighted by Crippen LogP contribution is -2.41. The molecular weight excluding hydrogens is 222 g/mol. The maximum Gasteiger partial charge on any atom is 0.326 e. The van der Waals surface area contributed by atoms with Crippen LogP contribution in [0.3, 0.4) is 0 Å². The molecule has 0 rings (SSSR count). The minimum Gasteiger partial charge on any atom is -0.480 e. The third kappa shape index (κ3) is 8.29. The van der Waals surface area contributed by atoms with Crippen LogP contribution in [-0.4, -0.2) is 36.7 Å². The normalized spacial score (nSPS) is 11.5. The van der Waals surface area contributed by atoms with Gasteiger partial charge in [-0.25, -0.2) is 4.79 Å². The Labute approximate surface area is 102 Å². The van der Waals surface area contributed by atoms with Crippen molar-refractivity contribution in [3.63, 3.8) is 0 Å². The zero-order valence-electron chi connectivity index (χ0n) is 10.1. The molecule has 0 spiro atoms. The topological polar surface area (TPSA) is 75.6 Å². The van der Waals surface area contributed by atoms with Gasteiger partial charge < -0.3 is 15.2 Å². The molecule has 1 atom stereocenters. The van der Waals surface area contributed by atoms with Crippen molar-refractivity contribution in [1.29, 1.82) is 0 Å². The third-order valence-electron chi connectivity index (χ3n) is 2.22. The van der Waals surface area contributed by atoms with Crippen LogP contribution >= 0.6 is 0 Å². The fourth-order valence-electron chi connectivity index (χ4n) is 1.27. The van der Waals surface area contributed by atoms with Crippen LogP contribution in [0.5, 0.6) is 0 Å². The van der Waals surface area contributed by atoms with Gasteiger partial charge in [0.1, 0.15) is 6.04 Å². The molecule has 1 amide bonds. The summed E-state index contributed by atoms with van der Waals surface area (Å²) < 4.78 is 4.78. The molecule has 17 heavy (non-hydrogen) atoms. The summed E-state index contributed by atoms with van der Waals surface area (Å²) >= 11 is 0. The van der Waals surface area contributed by atoms with Crippen molar-refractivity contribution >= 4 is 11.9 Å². The van der Waals surface area contributed by atoms with Gasteiger partial charge in [0.05, 0.1) is 0 Å². The number of methoxy groups -OCH3 is 1. The number of aliphatic carboxylic acids is 1. The largest absolute Gasteiger partial charge is 0.480 e. The Hall–Kier alpha value is -1.54. The number of rotatable bonds is 9. The number of carbonyl (C=O) groups is 2. The first kappa shape index (κ1) is 15.5. The Morgan fingerprint density at radius 1 is 1.47 bits per heavy atom. The Morgan fingerprint density at radius 3 is 2.71 bits per heavy atom. The van der Waals surface area contributed by atoms with Crippen molar-refractivity contribution in [2.75, 3.05) is 13.7 Å². The van der Waals surface area contributed by atoms with Gasteiger partial charge in [-0.2, -0.15) is 0 Å². The number of unbranched alkanes of at least 4 members (excludes halogenated alkanes) is 2. The van der Waals surface area contributed by atoms with E-state index in [0.29, 0.717) is 25.9 Å². The van der Waals surface area contributed by atoms with Crippen LogP contribution in [0, 0.1) is 12.3 Å². The molecule has 5 nitrogen and oxygen atoms in total. The summed E-state index contributed by atoms with van der Waals surface area (Å²) in [5, 5.41) is 11.3. The lowest BCUT2D eigenvalue weighted by molar-refractivity contribution is -0.142. The maximum atomic E-state index is 11.4. The lowest BCUT2D eigenvalue weighted by atomic mass is 10.1. The summed E-state index contributed by atoms with van der Waals surface area (Å²) in [6.07, 6.45) is 7.74. The van der Waals surface area contributed by atoms with Crippen LogP contribution in [0.2, 0.25) is 0 Å². The molecular formula is C12H19NO4. The highest BCUT2D eigenvalue weighted by atomic mass is 16.5. The van der Waals surface area contributed by atoms with E-state index in [-0.39, 0.29) is 12.3 Å². The van der Waals surface area contributed by atoms with Crippen molar-refractivity contribution in [2.45, 2.75) is 38.1 Å². The van der Waals surface area contributed by atoms with E-state index >= 15 is 0 Å². The van der Waals surface area contributed by atoms with Gasteiger partial charge >= 0.3 is 5.97 Å². The van der Waals surface area contributed by atoms with Crippen molar-refractivity contribution in [2.24, 2.45) is 0 Å². The number of amides is 1. The first-order chi connectivity index (χ1) is 8.11. The Morgan fingerprint density at radius 2 is 2.18 bits per heavy atom. The number of nitrogens with one attached hydrogen (secondary N) is 1. The molecule has 2 N–H and O–H groups in total. The SMILES string of the molecule is C#CCCCCC(=O)NC(CCOC)C(=O)O. The van der Waals surface area contributed by atoms with Crippen molar-refractivity contribution in [3.05, 3.63) is 0 Å². The van der Waals surface area contributed by atoms with Crippen LogP contribution in [-0.2, 0) is 14.3 Å². The van der Waals surface area contributed by atoms with E-state index < -0.39 is 12.0 Å². The monoisotopic (exact) mass is 241 g/mol. The second-order valence-corrected chi connectivity index (χ2v) is 3.65. The average molecular weight is 241 g/mol. The predicted octanol–water partition coefficient (Wildman–Crippen LogP) is 0.786. The molecule has 0 saturated heterocycles. The number of ether oxygens (including phenoxy) is 1. The molecule has 0 heterocycles. The molecule has 5 heteroatoms. The number of carbonyl (C=O) groups excluding carboxylic acids is 1. The van der Waals surface area contributed by atoms with Gasteiger partial charge in [0.2, 0.25) is 5.91 Å². The second kappa shape index (κ2) is 9.67. The Balaban J connectivity index is 3.88. The number of hydrogen-bond acceptors (Lipinski definition) is 3. The molecule has 0 radical (unpaired) electrons. The molecule has 1 unspecified atom stereocenters. The summed E-state index contributed by atoms with van der Waals surface area (Å²) in [5.41, 5.74) is 0. The highest BCUT2D eigenvalue weighted by Gasteiger charge is 2.18. The van der Waals surface area contributed by atoms with Crippen molar-refractivity contribution in [1.82, 2.24) is 5.32 Å². The van der Waals surface area contributed by atoms with Gasteiger partial charge in [-0.15, -0.1) is 12.3 Å². The lowest BCUT2D eigenvalue weighted by Gasteiger charge is -2.13. The predicted molar refractivity (Wildman–Crippen MR) is 63.4 cm³/mol. The number of terminal acetylenes is 1. The minimum absolute atomic E-state index is 0.259. The summed E-state index contributed by atoms with van der Waals surface area (Å²) in [5.74, 6) is 1.18. The van der Waals surface area contributed by atoms with E-state index in [4.69, 9.17) is 16.3 Å². The first-order valence-corrected chi connectivity index (χ1v) is 5.56. The standard InChI is InChI=1S/C12H19NO4/c1-3-4-5-6-7-11(14)13-10(12(15)16)8-9-17-2/h1,10H,4-9H2,2H3,(H,13,14)(H,15,16). The molecule has 0 fully saturated rings. The smallest absolute Gasteiger partial charge is 0.326 e. The van der Waals surface area contributed by atoms with Gasteiger partial charge in [0.25, 0.3) is 0 Å². The van der Waals surface area contributed by atoms with Gasteiger partial charge in [-0.3, -0.25) is 4.79 Å². The third-order valence-corrected chi connectivity index (χ3v) is 2.22. The first-order valence-electron chi connectivity index (χ1n) is 5.56. The van der Waals surface area contributed by atoms with Crippen molar-refractivity contribution in [3.8, 4) is 12.3 Å². The van der Waals surface area contributed by atoms with E-state index in [1.165, 1.54) is 7.11 Å². The van der Waals surface area contributed by atoms with Crippen LogP contribution < -0.4 is 5.32 Å². The molecule has 96 valence electrons. The van der Waals surface area contributed by atoms with E-state index in [1.807, 2.05) is 0 Å². The molecule has 0 aliphatic rings.